The summed E-state index contributed by atoms with van der Waals surface area (Å²) >= 11 is 0. The second kappa shape index (κ2) is 6.89. The lowest BCUT2D eigenvalue weighted by Gasteiger charge is -2.45. The van der Waals surface area contributed by atoms with Gasteiger partial charge in [0.2, 0.25) is 6.79 Å². The summed E-state index contributed by atoms with van der Waals surface area (Å²) in [5, 5.41) is 10.9. The van der Waals surface area contributed by atoms with E-state index in [2.05, 4.69) is 4.90 Å². The van der Waals surface area contributed by atoms with Crippen LogP contribution in [-0.4, -0.2) is 47.6 Å². The number of hydrogen-bond donors (Lipinski definition) is 1. The Balaban J connectivity index is 1.32. The van der Waals surface area contributed by atoms with Gasteiger partial charge < -0.3 is 23.7 Å². The number of benzene rings is 1. The molecule has 3 aliphatic heterocycles. The van der Waals surface area contributed by atoms with E-state index in [9.17, 15) is 9.90 Å². The molecule has 1 saturated heterocycles. The van der Waals surface area contributed by atoms with Crippen LogP contribution in [0.1, 0.15) is 35.6 Å². The molecule has 2 aromatic rings. The molecule has 1 N–H and O–H groups in total. The van der Waals surface area contributed by atoms with Crippen molar-refractivity contribution in [2.24, 2.45) is 0 Å². The number of furan rings is 1. The maximum Gasteiger partial charge on any atom is 0.306 e. The van der Waals surface area contributed by atoms with Crippen LogP contribution in [0.4, 0.5) is 0 Å². The number of rotatable bonds is 4. The van der Waals surface area contributed by atoms with Gasteiger partial charge in [0.25, 0.3) is 0 Å². The predicted octanol–water partition coefficient (Wildman–Crippen LogP) is 2.53. The van der Waals surface area contributed by atoms with Crippen molar-refractivity contribution in [2.75, 3.05) is 13.3 Å². The Labute approximate surface area is 173 Å². The SMILES string of the molecule is O=C(CCc1ccco1)OC1C(O)C=C2CCN3Cc4cc5c(cc4C1C23)OCO5. The number of carbonyl (C=O) groups is 1. The van der Waals surface area contributed by atoms with Crippen molar-refractivity contribution < 1.29 is 28.5 Å². The first-order chi connectivity index (χ1) is 14.7. The number of carbonyl (C=O) groups excluding carboxylic acids is 1. The molecule has 6 rings (SSSR count). The van der Waals surface area contributed by atoms with E-state index in [4.69, 9.17) is 18.6 Å². The Morgan fingerprint density at radius 2 is 2.13 bits per heavy atom. The standard InChI is InChI=1S/C23H23NO6/c25-17-8-13-5-6-24-11-14-9-18-19(29-12-28-18)10-16(14)21(22(13)24)23(17)30-20(26)4-3-15-2-1-7-27-15/h1-2,7-10,17,21-23,25H,3-6,11-12H2. The van der Waals surface area contributed by atoms with Gasteiger partial charge in [0.05, 0.1) is 12.7 Å². The third-order valence-electron chi connectivity index (χ3n) is 6.67. The highest BCUT2D eigenvalue weighted by Gasteiger charge is 2.50. The van der Waals surface area contributed by atoms with E-state index in [0.29, 0.717) is 12.2 Å². The fraction of sp³-hybridized carbons (Fsp3) is 0.435. The van der Waals surface area contributed by atoms with Crippen LogP contribution in [-0.2, 0) is 22.5 Å². The fourth-order valence-electron chi connectivity index (χ4n) is 5.36. The zero-order chi connectivity index (χ0) is 20.2. The Morgan fingerprint density at radius 1 is 1.27 bits per heavy atom. The summed E-state index contributed by atoms with van der Waals surface area (Å²) < 4.78 is 22.4. The zero-order valence-electron chi connectivity index (χ0n) is 16.5. The number of aliphatic hydroxyl groups is 1. The van der Waals surface area contributed by atoms with E-state index < -0.39 is 12.2 Å². The molecule has 30 heavy (non-hydrogen) atoms. The van der Waals surface area contributed by atoms with Gasteiger partial charge in [-0.3, -0.25) is 9.69 Å². The molecule has 7 nitrogen and oxygen atoms in total. The maximum atomic E-state index is 12.7. The molecule has 7 heteroatoms. The molecule has 4 unspecified atom stereocenters. The van der Waals surface area contributed by atoms with Crippen molar-refractivity contribution in [3.63, 3.8) is 0 Å². The quantitative estimate of drug-likeness (QED) is 0.614. The fourth-order valence-corrected chi connectivity index (χ4v) is 5.36. The van der Waals surface area contributed by atoms with E-state index in [0.717, 1.165) is 42.1 Å². The Kier molecular flexibility index (Phi) is 4.14. The molecule has 156 valence electrons. The Morgan fingerprint density at radius 3 is 2.97 bits per heavy atom. The van der Waals surface area contributed by atoms with Crippen molar-refractivity contribution in [1.29, 1.82) is 0 Å². The minimum Gasteiger partial charge on any atom is -0.469 e. The lowest BCUT2D eigenvalue weighted by molar-refractivity contribution is -0.157. The normalized spacial score (nSPS) is 28.6. The molecule has 0 amide bonds. The molecule has 4 aliphatic rings. The summed E-state index contributed by atoms with van der Waals surface area (Å²) in [7, 11) is 0. The largest absolute Gasteiger partial charge is 0.469 e. The second-order valence-electron chi connectivity index (χ2n) is 8.36. The zero-order valence-corrected chi connectivity index (χ0v) is 16.5. The third kappa shape index (κ3) is 2.84. The van der Waals surface area contributed by atoms with Crippen LogP contribution in [0, 0.1) is 0 Å². The maximum absolute atomic E-state index is 12.7. The van der Waals surface area contributed by atoms with E-state index in [1.54, 1.807) is 12.3 Å². The molecular formula is C23H23NO6. The van der Waals surface area contributed by atoms with Crippen LogP contribution in [0.25, 0.3) is 0 Å². The first-order valence-electron chi connectivity index (χ1n) is 10.4. The average molecular weight is 409 g/mol. The molecule has 0 radical (unpaired) electrons. The van der Waals surface area contributed by atoms with Gasteiger partial charge in [-0.05, 0) is 41.8 Å². The summed E-state index contributed by atoms with van der Waals surface area (Å²) in [4.78, 5) is 15.1. The highest BCUT2D eigenvalue weighted by Crippen LogP contribution is 2.50. The molecule has 1 aromatic heterocycles. The molecule has 1 aliphatic carbocycles. The first-order valence-corrected chi connectivity index (χ1v) is 10.4. The molecule has 1 aromatic carbocycles. The highest BCUT2D eigenvalue weighted by atomic mass is 16.7. The van der Waals surface area contributed by atoms with Gasteiger partial charge in [-0.15, -0.1) is 0 Å². The van der Waals surface area contributed by atoms with Gasteiger partial charge >= 0.3 is 5.97 Å². The molecule has 0 saturated carbocycles. The number of ether oxygens (including phenoxy) is 3. The van der Waals surface area contributed by atoms with Crippen LogP contribution in [0.15, 0.2) is 46.6 Å². The van der Waals surface area contributed by atoms with Gasteiger partial charge in [-0.25, -0.2) is 0 Å². The van der Waals surface area contributed by atoms with Crippen molar-refractivity contribution in [3.05, 3.63) is 59.1 Å². The average Bonchev–Trinajstić information content (AvgIpc) is 3.48. The van der Waals surface area contributed by atoms with Crippen molar-refractivity contribution in [3.8, 4) is 11.5 Å². The van der Waals surface area contributed by atoms with E-state index >= 15 is 0 Å². The summed E-state index contributed by atoms with van der Waals surface area (Å²) in [6, 6.07) is 7.83. The van der Waals surface area contributed by atoms with Crippen LogP contribution in [0.5, 0.6) is 11.5 Å². The molecule has 0 spiro atoms. The number of aliphatic hydroxyl groups excluding tert-OH is 1. The molecule has 1 fully saturated rings. The van der Waals surface area contributed by atoms with Gasteiger partial charge in [0.1, 0.15) is 18.0 Å². The smallest absolute Gasteiger partial charge is 0.306 e. The van der Waals surface area contributed by atoms with Crippen LogP contribution >= 0.6 is 0 Å². The summed E-state index contributed by atoms with van der Waals surface area (Å²) in [5.41, 5.74) is 3.46. The van der Waals surface area contributed by atoms with Gasteiger partial charge in [-0.2, -0.15) is 0 Å². The number of hydrogen-bond acceptors (Lipinski definition) is 7. The predicted molar refractivity (Wildman–Crippen MR) is 105 cm³/mol. The van der Waals surface area contributed by atoms with Gasteiger partial charge in [0.15, 0.2) is 11.5 Å². The van der Waals surface area contributed by atoms with E-state index in [1.807, 2.05) is 24.3 Å². The molecular weight excluding hydrogens is 386 g/mol. The molecule has 4 heterocycles. The molecule has 4 atom stereocenters. The Hall–Kier alpha value is -2.77. The highest BCUT2D eigenvalue weighted by molar-refractivity contribution is 5.70. The third-order valence-corrected chi connectivity index (χ3v) is 6.67. The van der Waals surface area contributed by atoms with Crippen LogP contribution in [0.2, 0.25) is 0 Å². The van der Waals surface area contributed by atoms with Crippen LogP contribution in [0.3, 0.4) is 0 Å². The van der Waals surface area contributed by atoms with Gasteiger partial charge in [0, 0.05) is 31.5 Å². The summed E-state index contributed by atoms with van der Waals surface area (Å²) in [6.07, 6.45) is 3.64. The second-order valence-corrected chi connectivity index (χ2v) is 8.36. The van der Waals surface area contributed by atoms with Gasteiger partial charge in [-0.1, -0.05) is 11.6 Å². The van der Waals surface area contributed by atoms with Crippen molar-refractivity contribution >= 4 is 5.97 Å². The molecule has 0 bridgehead atoms. The lowest BCUT2D eigenvalue weighted by Crippen LogP contribution is -2.51. The number of esters is 1. The van der Waals surface area contributed by atoms with Crippen molar-refractivity contribution in [2.45, 2.75) is 50.0 Å². The summed E-state index contributed by atoms with van der Waals surface area (Å²) in [6.45, 7) is 1.97. The topological polar surface area (TPSA) is 81.4 Å². The number of fused-ring (bicyclic) bond motifs is 3. The minimum absolute atomic E-state index is 0.131. The van der Waals surface area contributed by atoms with E-state index in [1.165, 1.54) is 5.57 Å². The monoisotopic (exact) mass is 409 g/mol. The Bertz CT molecular complexity index is 1010. The minimum atomic E-state index is -0.829. The van der Waals surface area contributed by atoms with E-state index in [-0.39, 0.29) is 31.1 Å². The first kappa shape index (κ1) is 18.0. The summed E-state index contributed by atoms with van der Waals surface area (Å²) in [5.74, 6) is 1.76. The number of nitrogens with zero attached hydrogens (tertiary/aromatic N) is 1. The lowest BCUT2D eigenvalue weighted by atomic mass is 9.73. The number of aryl methyl sites for hydroxylation is 1. The van der Waals surface area contributed by atoms with Crippen LogP contribution < -0.4 is 9.47 Å². The van der Waals surface area contributed by atoms with Crippen molar-refractivity contribution in [1.82, 2.24) is 4.90 Å².